The lowest BCUT2D eigenvalue weighted by Crippen LogP contribution is -2.52. The molecule has 1 aromatic carbocycles. The summed E-state index contributed by atoms with van der Waals surface area (Å²) < 4.78 is 52.4. The Labute approximate surface area is 248 Å². The molecule has 0 atom stereocenters. The Morgan fingerprint density at radius 2 is 1.69 bits per heavy atom. The van der Waals surface area contributed by atoms with Gasteiger partial charge in [-0.25, -0.2) is 4.79 Å². The first kappa shape index (κ1) is 28.9. The van der Waals surface area contributed by atoms with E-state index in [1.165, 1.54) is 12.4 Å². The Hall–Kier alpha value is -3.15. The van der Waals surface area contributed by atoms with Crippen LogP contribution in [0.15, 0.2) is 35.1 Å². The van der Waals surface area contributed by atoms with Crippen LogP contribution in [0.3, 0.4) is 0 Å². The highest BCUT2D eigenvalue weighted by Gasteiger charge is 2.53. The third-order valence-electron chi connectivity index (χ3n) is 8.80. The average molecular weight is 624 g/mol. The molecule has 222 valence electrons. The number of carbonyl (C=O) groups is 2. The number of halogens is 5. The van der Waals surface area contributed by atoms with E-state index in [2.05, 4.69) is 15.5 Å². The molecular formula is C29H26Cl2F3N3O5. The summed E-state index contributed by atoms with van der Waals surface area (Å²) in [5, 5.41) is 16.8. The third-order valence-corrected chi connectivity index (χ3v) is 9.38. The molecule has 2 bridgehead atoms. The number of aromatic carboxylic acids is 1. The molecule has 13 heteroatoms. The number of aromatic nitrogens is 2. The maximum atomic E-state index is 13.4. The highest BCUT2D eigenvalue weighted by atomic mass is 35.5. The van der Waals surface area contributed by atoms with Gasteiger partial charge in [0.25, 0.3) is 0 Å². The number of hydrogen-bond donors (Lipinski definition) is 2. The van der Waals surface area contributed by atoms with Gasteiger partial charge in [-0.05, 0) is 69.6 Å². The van der Waals surface area contributed by atoms with E-state index in [0.717, 1.165) is 36.3 Å². The van der Waals surface area contributed by atoms with Gasteiger partial charge in [-0.1, -0.05) is 28.4 Å². The first-order chi connectivity index (χ1) is 19.9. The Balaban J connectivity index is 1.17. The first-order valence-corrected chi connectivity index (χ1v) is 14.3. The van der Waals surface area contributed by atoms with E-state index < -0.39 is 40.2 Å². The molecule has 0 spiro atoms. The normalized spacial score (nSPS) is 23.6. The van der Waals surface area contributed by atoms with Crippen LogP contribution in [-0.2, 0) is 22.3 Å². The van der Waals surface area contributed by atoms with Gasteiger partial charge >= 0.3 is 12.1 Å². The van der Waals surface area contributed by atoms with Gasteiger partial charge in [0.15, 0.2) is 0 Å². The maximum Gasteiger partial charge on any atom is 0.416 e. The van der Waals surface area contributed by atoms with Crippen LogP contribution in [0.5, 0.6) is 0 Å². The smallest absolute Gasteiger partial charge is 0.416 e. The van der Waals surface area contributed by atoms with E-state index in [1.807, 2.05) is 0 Å². The molecule has 4 saturated carbocycles. The van der Waals surface area contributed by atoms with E-state index in [9.17, 15) is 27.9 Å². The van der Waals surface area contributed by atoms with Crippen molar-refractivity contribution in [1.82, 2.24) is 10.1 Å². The number of benzene rings is 1. The molecule has 4 aliphatic carbocycles. The number of carbonyl (C=O) groups excluding carboxylic acids is 1. The molecule has 42 heavy (non-hydrogen) atoms. The van der Waals surface area contributed by atoms with Crippen molar-refractivity contribution < 1.29 is 37.1 Å². The topological polar surface area (TPSA) is 115 Å². The van der Waals surface area contributed by atoms with Crippen LogP contribution < -0.4 is 5.32 Å². The number of carboxylic acid groups (broad SMARTS) is 1. The van der Waals surface area contributed by atoms with Crippen LogP contribution in [0.25, 0.3) is 11.3 Å². The second-order valence-electron chi connectivity index (χ2n) is 11.4. The van der Waals surface area contributed by atoms with Gasteiger partial charge in [-0.2, -0.15) is 13.2 Å². The fraction of sp³-hybridized carbons (Fsp3) is 0.448. The number of nitrogens with one attached hydrogen (secondary N) is 1. The molecule has 2 N–H and O–H groups in total. The second-order valence-corrected chi connectivity index (χ2v) is 12.2. The Morgan fingerprint density at radius 3 is 2.26 bits per heavy atom. The van der Waals surface area contributed by atoms with Crippen molar-refractivity contribution in [3.63, 3.8) is 0 Å². The summed E-state index contributed by atoms with van der Waals surface area (Å²) in [6, 6.07) is 2.35. The van der Waals surface area contributed by atoms with Gasteiger partial charge in [0, 0.05) is 40.5 Å². The highest BCUT2D eigenvalue weighted by molar-refractivity contribution is 6.38. The molecule has 8 nitrogen and oxygen atoms in total. The van der Waals surface area contributed by atoms with E-state index in [4.69, 9.17) is 32.5 Å². The fourth-order valence-electron chi connectivity index (χ4n) is 6.15. The van der Waals surface area contributed by atoms with Crippen molar-refractivity contribution in [1.29, 1.82) is 0 Å². The van der Waals surface area contributed by atoms with Gasteiger partial charge in [0.1, 0.15) is 11.5 Å². The lowest BCUT2D eigenvalue weighted by Gasteiger charge is -2.52. The summed E-state index contributed by atoms with van der Waals surface area (Å²) in [5.41, 5.74) is -1.29. The van der Waals surface area contributed by atoms with E-state index >= 15 is 0 Å². The number of hydrogen-bond acceptors (Lipinski definition) is 6. The summed E-state index contributed by atoms with van der Waals surface area (Å²) in [6.07, 6.45) is 3.40. The highest BCUT2D eigenvalue weighted by Crippen LogP contribution is 2.55. The summed E-state index contributed by atoms with van der Waals surface area (Å²) >= 11 is 12.8. The van der Waals surface area contributed by atoms with Crippen molar-refractivity contribution in [2.24, 2.45) is 5.41 Å². The number of rotatable bonds is 8. The summed E-state index contributed by atoms with van der Waals surface area (Å²) in [6.45, 7) is 0.223. The maximum absolute atomic E-state index is 13.4. The summed E-state index contributed by atoms with van der Waals surface area (Å²) in [7, 11) is 0. The molecular weight excluding hydrogens is 598 g/mol. The summed E-state index contributed by atoms with van der Waals surface area (Å²) in [5.74, 6) is -0.909. The first-order valence-electron chi connectivity index (χ1n) is 13.6. The van der Waals surface area contributed by atoms with E-state index in [-0.39, 0.29) is 18.2 Å². The zero-order chi connectivity index (χ0) is 29.9. The van der Waals surface area contributed by atoms with Crippen LogP contribution in [0.1, 0.15) is 84.5 Å². The Morgan fingerprint density at radius 1 is 1.05 bits per heavy atom. The SMILES string of the molecule is O=C(O)c1cc(NC(=O)C23CCC(OCc4c(-c5c(Cl)cncc5Cl)noc4C4CC4)(CC2)CC3)cc(C(F)(F)F)c1. The van der Waals surface area contributed by atoms with Crippen LogP contribution in [0.2, 0.25) is 10.0 Å². The minimum atomic E-state index is -4.76. The molecule has 4 fully saturated rings. The number of anilines is 1. The molecule has 1 amide bonds. The standard InChI is InChI=1S/C29H26Cl2F3N3O5/c30-20-12-35-13-21(31)22(20)23-19(24(42-37-23)15-1-2-15)14-41-28-6-3-27(4-7-28,5-8-28)26(40)36-18-10-16(25(38)39)9-17(11-18)29(32,33)34/h9-13,15H,1-8,14H2,(H,36,40)(H,38,39). The Bertz CT molecular complexity index is 1530. The summed E-state index contributed by atoms with van der Waals surface area (Å²) in [4.78, 5) is 28.8. The average Bonchev–Trinajstić information content (AvgIpc) is 3.72. The third kappa shape index (κ3) is 5.38. The monoisotopic (exact) mass is 623 g/mol. The molecule has 0 aliphatic heterocycles. The number of nitrogens with zero attached hydrogens (tertiary/aromatic N) is 2. The van der Waals surface area contributed by atoms with Crippen molar-refractivity contribution in [3.05, 3.63) is 63.1 Å². The second kappa shape index (κ2) is 10.5. The van der Waals surface area contributed by atoms with Gasteiger partial charge in [-0.3, -0.25) is 9.78 Å². The number of amides is 1. The predicted molar refractivity (Wildman–Crippen MR) is 146 cm³/mol. The molecule has 0 unspecified atom stereocenters. The zero-order valence-electron chi connectivity index (χ0n) is 22.2. The van der Waals surface area contributed by atoms with E-state index in [0.29, 0.717) is 65.9 Å². The van der Waals surface area contributed by atoms with Crippen LogP contribution >= 0.6 is 23.2 Å². The molecule has 0 radical (unpaired) electrons. The van der Waals surface area contributed by atoms with Gasteiger partial charge < -0.3 is 19.7 Å². The van der Waals surface area contributed by atoms with Crippen molar-refractivity contribution >= 4 is 40.8 Å². The molecule has 0 saturated heterocycles. The number of alkyl halides is 3. The van der Waals surface area contributed by atoms with Crippen LogP contribution in [0.4, 0.5) is 18.9 Å². The lowest BCUT2D eigenvalue weighted by atomic mass is 9.58. The number of fused-ring (bicyclic) bond motifs is 3. The number of pyridine rings is 1. The van der Waals surface area contributed by atoms with Gasteiger partial charge in [-0.15, -0.1) is 0 Å². The molecule has 2 heterocycles. The predicted octanol–water partition coefficient (Wildman–Crippen LogP) is 7.89. The molecule has 7 rings (SSSR count). The lowest BCUT2D eigenvalue weighted by molar-refractivity contribution is -0.158. The van der Waals surface area contributed by atoms with Crippen LogP contribution in [0, 0.1) is 5.41 Å². The van der Waals surface area contributed by atoms with Gasteiger partial charge in [0.05, 0.1) is 33.4 Å². The number of carboxylic acids is 1. The quantitative estimate of drug-likeness (QED) is 0.262. The zero-order valence-corrected chi connectivity index (χ0v) is 23.7. The fourth-order valence-corrected chi connectivity index (χ4v) is 6.69. The largest absolute Gasteiger partial charge is 0.478 e. The minimum Gasteiger partial charge on any atom is -0.478 e. The van der Waals surface area contributed by atoms with Crippen molar-refractivity contribution in [3.8, 4) is 11.3 Å². The van der Waals surface area contributed by atoms with Crippen LogP contribution in [-0.4, -0.2) is 32.7 Å². The van der Waals surface area contributed by atoms with Crippen molar-refractivity contribution in [2.45, 2.75) is 75.7 Å². The van der Waals surface area contributed by atoms with E-state index in [1.54, 1.807) is 0 Å². The molecule has 3 aromatic rings. The minimum absolute atomic E-state index is 0.193. The Kier molecular flexibility index (Phi) is 7.26. The number of ether oxygens (including phenoxy) is 1. The molecule has 2 aromatic heterocycles. The van der Waals surface area contributed by atoms with Gasteiger partial charge in [0.2, 0.25) is 5.91 Å². The molecule has 4 aliphatic rings. The van der Waals surface area contributed by atoms with Crippen molar-refractivity contribution in [2.75, 3.05) is 5.32 Å².